The molecule has 0 fully saturated rings. The lowest BCUT2D eigenvalue weighted by molar-refractivity contribution is 0.584. The summed E-state index contributed by atoms with van der Waals surface area (Å²) in [4.78, 5) is 2.26. The first-order chi connectivity index (χ1) is 12.8. The van der Waals surface area contributed by atoms with Crippen LogP contribution in [0, 0.1) is 6.92 Å². The van der Waals surface area contributed by atoms with Crippen molar-refractivity contribution in [2.45, 2.75) is 11.8 Å². The van der Waals surface area contributed by atoms with Crippen molar-refractivity contribution in [1.29, 1.82) is 0 Å². The molecule has 0 spiro atoms. The van der Waals surface area contributed by atoms with E-state index >= 15 is 0 Å². The number of hydrazone groups is 1. The molecule has 0 saturated carbocycles. The predicted molar refractivity (Wildman–Crippen MR) is 110 cm³/mol. The summed E-state index contributed by atoms with van der Waals surface area (Å²) in [6, 6.07) is 13.3. The monoisotopic (exact) mass is 486 g/mol. The largest absolute Gasteiger partial charge is 0.276 e. The van der Waals surface area contributed by atoms with Gasteiger partial charge in [0.05, 0.1) is 28.1 Å². The van der Waals surface area contributed by atoms with Gasteiger partial charge in [-0.3, -0.25) is 0 Å². The van der Waals surface area contributed by atoms with E-state index in [0.717, 1.165) is 4.47 Å². The summed E-state index contributed by atoms with van der Waals surface area (Å²) < 4.78 is 26.8. The van der Waals surface area contributed by atoms with Crippen LogP contribution in [0.15, 0.2) is 63.0 Å². The van der Waals surface area contributed by atoms with Gasteiger partial charge in [-0.2, -0.15) is 18.6 Å². The molecule has 0 saturated heterocycles. The summed E-state index contributed by atoms with van der Waals surface area (Å²) in [6.07, 6.45) is 1.32. The highest BCUT2D eigenvalue weighted by Gasteiger charge is 2.15. The zero-order chi connectivity index (χ0) is 19.6. The van der Waals surface area contributed by atoms with E-state index in [2.05, 4.69) is 31.0 Å². The predicted octanol–water partition coefficient (Wildman–Crippen LogP) is 4.56. The van der Waals surface area contributed by atoms with E-state index in [1.54, 1.807) is 43.3 Å². The fourth-order valence-electron chi connectivity index (χ4n) is 2.26. The Morgan fingerprint density at radius 1 is 1.19 bits per heavy atom. The molecule has 0 aliphatic heterocycles. The van der Waals surface area contributed by atoms with E-state index < -0.39 is 10.0 Å². The number of hydrogen-bond donors (Lipinski definition) is 1. The molecular formula is C17H13BrCl2N4O2S. The van der Waals surface area contributed by atoms with Crippen LogP contribution in [0.4, 0.5) is 0 Å². The second kappa shape index (κ2) is 8.02. The summed E-state index contributed by atoms with van der Waals surface area (Å²) >= 11 is 15.7. The molecule has 1 heterocycles. The molecule has 1 N–H and O–H groups in total. The van der Waals surface area contributed by atoms with Gasteiger partial charge < -0.3 is 0 Å². The molecule has 0 aliphatic carbocycles. The average molecular weight is 488 g/mol. The molecule has 0 unspecified atom stereocenters. The molecule has 3 rings (SSSR count). The molecule has 140 valence electrons. The molecule has 6 nitrogen and oxygen atoms in total. The molecule has 3 aromatic rings. The topological polar surface area (TPSA) is 76.3 Å². The molecule has 27 heavy (non-hydrogen) atoms. The fourth-order valence-corrected chi connectivity index (χ4v) is 3.82. The third kappa shape index (κ3) is 4.52. The van der Waals surface area contributed by atoms with Crippen molar-refractivity contribution in [3.63, 3.8) is 0 Å². The van der Waals surface area contributed by atoms with E-state index in [1.807, 2.05) is 0 Å². The molecule has 0 radical (unpaired) electrons. The lowest BCUT2D eigenvalue weighted by Crippen LogP contribution is -2.18. The quantitative estimate of drug-likeness (QED) is 0.423. The Morgan fingerprint density at radius 2 is 1.89 bits per heavy atom. The number of sulfonamides is 1. The first-order valence-corrected chi connectivity index (χ1v) is 10.6. The Balaban J connectivity index is 1.84. The van der Waals surface area contributed by atoms with Gasteiger partial charge in [0.2, 0.25) is 0 Å². The maximum absolute atomic E-state index is 12.3. The van der Waals surface area contributed by atoms with Crippen LogP contribution in [0.2, 0.25) is 10.2 Å². The van der Waals surface area contributed by atoms with E-state index in [4.69, 9.17) is 23.2 Å². The van der Waals surface area contributed by atoms with Crippen LogP contribution < -0.4 is 4.83 Å². The van der Waals surface area contributed by atoms with Gasteiger partial charge in [0, 0.05) is 9.50 Å². The maximum atomic E-state index is 12.3. The van der Waals surface area contributed by atoms with E-state index in [1.165, 1.54) is 23.0 Å². The number of nitrogens with one attached hydrogen (secondary N) is 1. The lowest BCUT2D eigenvalue weighted by Gasteiger charge is -2.04. The number of aryl methyl sites for hydroxylation is 1. The van der Waals surface area contributed by atoms with Gasteiger partial charge in [-0.15, -0.1) is 0 Å². The van der Waals surface area contributed by atoms with Gasteiger partial charge in [-0.05, 0) is 49.4 Å². The van der Waals surface area contributed by atoms with E-state index in [0.29, 0.717) is 27.1 Å². The van der Waals surface area contributed by atoms with Gasteiger partial charge in [-0.1, -0.05) is 45.2 Å². The van der Waals surface area contributed by atoms with Crippen LogP contribution in [0.1, 0.15) is 11.3 Å². The SMILES string of the molecule is Cc1nn(-c2cccc(Cl)c2)c(Cl)c1C=NNS(=O)(=O)c1ccc(Br)cc1. The molecule has 0 atom stereocenters. The Hall–Kier alpha value is -1.87. The highest BCUT2D eigenvalue weighted by atomic mass is 79.9. The molecule has 1 aromatic heterocycles. The zero-order valence-electron chi connectivity index (χ0n) is 13.9. The minimum absolute atomic E-state index is 0.0975. The van der Waals surface area contributed by atoms with E-state index in [9.17, 15) is 8.42 Å². The van der Waals surface area contributed by atoms with Crippen molar-refractivity contribution in [1.82, 2.24) is 14.6 Å². The van der Waals surface area contributed by atoms with Crippen molar-refractivity contribution in [3.8, 4) is 5.69 Å². The number of rotatable bonds is 5. The second-order valence-corrected chi connectivity index (χ2v) is 8.86. The van der Waals surface area contributed by atoms with Crippen LogP contribution in [-0.4, -0.2) is 24.4 Å². The van der Waals surface area contributed by atoms with Gasteiger partial charge >= 0.3 is 0 Å². The van der Waals surface area contributed by atoms with Crippen molar-refractivity contribution < 1.29 is 8.42 Å². The normalized spacial score (nSPS) is 11.9. The van der Waals surface area contributed by atoms with Gasteiger partial charge in [0.25, 0.3) is 10.0 Å². The summed E-state index contributed by atoms with van der Waals surface area (Å²) in [7, 11) is -3.78. The Kier molecular flexibility index (Phi) is 5.90. The standard InChI is InChI=1S/C17H13BrCl2N4O2S/c1-11-16(17(20)24(22-11)14-4-2-3-13(19)9-14)10-21-23-27(25,26)15-7-5-12(18)6-8-15/h2-10,23H,1H3. The third-order valence-electron chi connectivity index (χ3n) is 3.59. The number of halogens is 3. The minimum atomic E-state index is -3.78. The van der Waals surface area contributed by atoms with Crippen LogP contribution in [0.25, 0.3) is 5.69 Å². The molecule has 0 bridgehead atoms. The highest BCUT2D eigenvalue weighted by molar-refractivity contribution is 9.10. The molecular weight excluding hydrogens is 475 g/mol. The lowest BCUT2D eigenvalue weighted by atomic mass is 10.3. The first kappa shape index (κ1) is 19.9. The minimum Gasteiger partial charge on any atom is -0.221 e. The smallest absolute Gasteiger partial charge is 0.221 e. The van der Waals surface area contributed by atoms with Crippen molar-refractivity contribution in [2.24, 2.45) is 5.10 Å². The van der Waals surface area contributed by atoms with Gasteiger partial charge in [-0.25, -0.2) is 9.51 Å². The number of aromatic nitrogens is 2. The summed E-state index contributed by atoms with van der Waals surface area (Å²) in [5.74, 6) is 0. The Morgan fingerprint density at radius 3 is 2.56 bits per heavy atom. The average Bonchev–Trinajstić information content (AvgIpc) is 2.90. The molecule has 2 aromatic carbocycles. The van der Waals surface area contributed by atoms with Crippen molar-refractivity contribution >= 4 is 55.4 Å². The highest BCUT2D eigenvalue weighted by Crippen LogP contribution is 2.23. The van der Waals surface area contributed by atoms with Crippen molar-refractivity contribution in [2.75, 3.05) is 0 Å². The summed E-state index contributed by atoms with van der Waals surface area (Å²) in [5.41, 5.74) is 1.77. The van der Waals surface area contributed by atoms with Gasteiger partial charge in [0.15, 0.2) is 0 Å². The van der Waals surface area contributed by atoms with Gasteiger partial charge in [0.1, 0.15) is 5.15 Å². The molecule has 10 heteroatoms. The number of benzene rings is 2. The summed E-state index contributed by atoms with van der Waals surface area (Å²) in [5, 5.41) is 9.02. The second-order valence-electron chi connectivity index (χ2n) is 5.49. The van der Waals surface area contributed by atoms with Crippen LogP contribution in [0.5, 0.6) is 0 Å². The Labute approximate surface area is 175 Å². The fraction of sp³-hybridized carbons (Fsp3) is 0.0588. The third-order valence-corrected chi connectivity index (χ3v) is 5.96. The number of hydrogen-bond acceptors (Lipinski definition) is 4. The Bertz CT molecular complexity index is 1110. The van der Waals surface area contributed by atoms with E-state index in [-0.39, 0.29) is 4.90 Å². The van der Waals surface area contributed by atoms with Crippen molar-refractivity contribution in [3.05, 3.63) is 74.4 Å². The molecule has 0 aliphatic rings. The molecule has 0 amide bonds. The first-order valence-electron chi connectivity index (χ1n) is 7.59. The van der Waals surface area contributed by atoms with Crippen LogP contribution in [-0.2, 0) is 10.0 Å². The number of nitrogens with zero attached hydrogens (tertiary/aromatic N) is 3. The van der Waals surface area contributed by atoms with Crippen LogP contribution in [0.3, 0.4) is 0 Å². The van der Waals surface area contributed by atoms with Crippen LogP contribution >= 0.6 is 39.1 Å². The maximum Gasteiger partial charge on any atom is 0.276 e. The zero-order valence-corrected chi connectivity index (χ0v) is 17.8. The summed E-state index contributed by atoms with van der Waals surface area (Å²) in [6.45, 7) is 1.75.